The van der Waals surface area contributed by atoms with Crippen molar-refractivity contribution < 1.29 is 9.84 Å². The molecule has 1 unspecified atom stereocenters. The highest BCUT2D eigenvalue weighted by Gasteiger charge is 2.19. The van der Waals surface area contributed by atoms with E-state index in [2.05, 4.69) is 22.1 Å². The molecule has 0 aromatic carbocycles. The zero-order valence-corrected chi connectivity index (χ0v) is 14.0. The summed E-state index contributed by atoms with van der Waals surface area (Å²) >= 11 is 6.03. The lowest BCUT2D eigenvalue weighted by molar-refractivity contribution is 0.111. The van der Waals surface area contributed by atoms with Gasteiger partial charge in [0.05, 0.1) is 17.4 Å². The summed E-state index contributed by atoms with van der Waals surface area (Å²) in [6, 6.07) is 1.83. The molecule has 2 heterocycles. The molecular formula is C18H23ClN2O2. The second kappa shape index (κ2) is 8.01. The van der Waals surface area contributed by atoms with Crippen molar-refractivity contribution in [1.29, 1.82) is 0 Å². The third kappa shape index (κ3) is 4.84. The van der Waals surface area contributed by atoms with Gasteiger partial charge in [0.1, 0.15) is 11.3 Å². The Morgan fingerprint density at radius 3 is 2.87 bits per heavy atom. The third-order valence-corrected chi connectivity index (χ3v) is 4.77. The highest BCUT2D eigenvalue weighted by molar-refractivity contribution is 6.29. The average molecular weight is 335 g/mol. The summed E-state index contributed by atoms with van der Waals surface area (Å²) < 4.78 is 5.54. The molecule has 0 amide bonds. The van der Waals surface area contributed by atoms with Gasteiger partial charge in [-0.15, -0.1) is 0 Å². The van der Waals surface area contributed by atoms with Crippen molar-refractivity contribution in [2.24, 2.45) is 5.92 Å². The Hall–Kier alpha value is -1.28. The van der Waals surface area contributed by atoms with Crippen LogP contribution in [0.25, 0.3) is 0 Å². The maximum atomic E-state index is 9.59. The number of hydrogen-bond donors (Lipinski definition) is 2. The molecule has 4 nitrogen and oxygen atoms in total. The molecule has 0 bridgehead atoms. The van der Waals surface area contributed by atoms with Crippen LogP contribution in [0.5, 0.6) is 0 Å². The van der Waals surface area contributed by atoms with Gasteiger partial charge in [-0.2, -0.15) is 0 Å². The van der Waals surface area contributed by atoms with E-state index < -0.39 is 0 Å². The Bertz CT molecular complexity index is 582. The molecule has 1 aromatic heterocycles. The molecule has 0 radical (unpaired) electrons. The van der Waals surface area contributed by atoms with Crippen LogP contribution in [-0.4, -0.2) is 35.5 Å². The summed E-state index contributed by atoms with van der Waals surface area (Å²) in [5.41, 5.74) is 1.79. The fraction of sp³-hybridized carbons (Fsp3) is 0.611. The van der Waals surface area contributed by atoms with Gasteiger partial charge in [-0.1, -0.05) is 23.4 Å². The first-order chi connectivity index (χ1) is 11.2. The van der Waals surface area contributed by atoms with Gasteiger partial charge in [0.15, 0.2) is 0 Å². The maximum absolute atomic E-state index is 9.59. The lowest BCUT2D eigenvalue weighted by Gasteiger charge is -2.26. The number of aromatic nitrogens is 1. The third-order valence-electron chi connectivity index (χ3n) is 4.57. The fourth-order valence-corrected chi connectivity index (χ4v) is 3.29. The number of aliphatic hydroxyl groups is 1. The Morgan fingerprint density at radius 1 is 1.30 bits per heavy atom. The molecule has 1 aromatic rings. The SMILES string of the molecule is OC1CCC(CNc2cc(Cl)ncc2C#CC2CCCO2)CC1. The van der Waals surface area contributed by atoms with Crippen LogP contribution >= 0.6 is 11.6 Å². The Balaban J connectivity index is 1.64. The first-order valence-electron chi connectivity index (χ1n) is 8.41. The van der Waals surface area contributed by atoms with E-state index in [9.17, 15) is 5.11 Å². The van der Waals surface area contributed by atoms with E-state index in [0.717, 1.165) is 62.9 Å². The van der Waals surface area contributed by atoms with Crippen molar-refractivity contribution in [1.82, 2.24) is 4.98 Å². The molecule has 2 aliphatic rings. The van der Waals surface area contributed by atoms with Crippen LogP contribution in [0.3, 0.4) is 0 Å². The number of nitrogens with one attached hydrogen (secondary N) is 1. The zero-order valence-electron chi connectivity index (χ0n) is 13.2. The highest BCUT2D eigenvalue weighted by atomic mass is 35.5. The average Bonchev–Trinajstić information content (AvgIpc) is 3.07. The summed E-state index contributed by atoms with van der Waals surface area (Å²) in [6.45, 7) is 1.68. The smallest absolute Gasteiger partial charge is 0.131 e. The minimum absolute atomic E-state index is 0.0401. The number of pyridine rings is 1. The molecule has 5 heteroatoms. The number of rotatable bonds is 3. The summed E-state index contributed by atoms with van der Waals surface area (Å²) in [5, 5.41) is 13.5. The van der Waals surface area contributed by atoms with Gasteiger partial charge < -0.3 is 15.2 Å². The number of aliphatic hydroxyl groups excluding tert-OH is 1. The second-order valence-electron chi connectivity index (χ2n) is 6.38. The molecule has 0 spiro atoms. The largest absolute Gasteiger partial charge is 0.393 e. The van der Waals surface area contributed by atoms with Crippen LogP contribution in [0.2, 0.25) is 5.15 Å². The lowest BCUT2D eigenvalue weighted by Crippen LogP contribution is -2.23. The van der Waals surface area contributed by atoms with Gasteiger partial charge in [-0.25, -0.2) is 4.98 Å². The molecule has 2 N–H and O–H groups in total. The summed E-state index contributed by atoms with van der Waals surface area (Å²) in [6.07, 6.45) is 7.64. The molecule has 1 atom stereocenters. The Labute approximate surface area is 142 Å². The first kappa shape index (κ1) is 16.6. The van der Waals surface area contributed by atoms with E-state index in [4.69, 9.17) is 16.3 Å². The van der Waals surface area contributed by atoms with Gasteiger partial charge >= 0.3 is 0 Å². The molecule has 124 valence electrons. The van der Waals surface area contributed by atoms with Crippen LogP contribution < -0.4 is 5.32 Å². The predicted octanol–water partition coefficient (Wildman–Crippen LogP) is 3.23. The van der Waals surface area contributed by atoms with E-state index in [1.165, 1.54) is 0 Å². The zero-order chi connectivity index (χ0) is 16.1. The number of nitrogens with zero attached hydrogens (tertiary/aromatic N) is 1. The van der Waals surface area contributed by atoms with Crippen LogP contribution in [0.15, 0.2) is 12.3 Å². The van der Waals surface area contributed by atoms with Crippen molar-refractivity contribution in [3.8, 4) is 11.8 Å². The van der Waals surface area contributed by atoms with E-state index in [0.29, 0.717) is 11.1 Å². The van der Waals surface area contributed by atoms with Gasteiger partial charge in [0.2, 0.25) is 0 Å². The van der Waals surface area contributed by atoms with Crippen LogP contribution in [0.4, 0.5) is 5.69 Å². The fourth-order valence-electron chi connectivity index (χ4n) is 3.13. The molecule has 1 saturated carbocycles. The monoisotopic (exact) mass is 334 g/mol. The van der Waals surface area contributed by atoms with Crippen LogP contribution in [0.1, 0.15) is 44.1 Å². The predicted molar refractivity (Wildman–Crippen MR) is 91.6 cm³/mol. The number of hydrogen-bond acceptors (Lipinski definition) is 4. The quantitative estimate of drug-likeness (QED) is 0.658. The van der Waals surface area contributed by atoms with Crippen LogP contribution in [0, 0.1) is 17.8 Å². The van der Waals surface area contributed by atoms with Gasteiger partial charge in [0, 0.05) is 19.3 Å². The minimum Gasteiger partial charge on any atom is -0.393 e. The molecule has 1 saturated heterocycles. The van der Waals surface area contributed by atoms with Crippen molar-refractivity contribution in [2.45, 2.75) is 50.7 Å². The van der Waals surface area contributed by atoms with Crippen LogP contribution in [-0.2, 0) is 4.74 Å². The van der Waals surface area contributed by atoms with E-state index in [-0.39, 0.29) is 12.2 Å². The topological polar surface area (TPSA) is 54.4 Å². The summed E-state index contributed by atoms with van der Waals surface area (Å²) in [4.78, 5) is 4.14. The van der Waals surface area contributed by atoms with Gasteiger partial charge in [-0.05, 0) is 50.5 Å². The number of ether oxygens (including phenoxy) is 1. The van der Waals surface area contributed by atoms with Gasteiger partial charge in [-0.3, -0.25) is 0 Å². The molecule has 23 heavy (non-hydrogen) atoms. The number of anilines is 1. The maximum Gasteiger partial charge on any atom is 0.131 e. The molecule has 2 fully saturated rings. The van der Waals surface area contributed by atoms with Crippen molar-refractivity contribution in [2.75, 3.05) is 18.5 Å². The summed E-state index contributed by atoms with van der Waals surface area (Å²) in [7, 11) is 0. The van der Waals surface area contributed by atoms with E-state index in [1.54, 1.807) is 6.20 Å². The van der Waals surface area contributed by atoms with Gasteiger partial charge in [0.25, 0.3) is 0 Å². The Morgan fingerprint density at radius 2 is 2.13 bits per heavy atom. The number of halogens is 1. The van der Waals surface area contributed by atoms with Crippen molar-refractivity contribution in [3.63, 3.8) is 0 Å². The highest BCUT2D eigenvalue weighted by Crippen LogP contribution is 2.26. The van der Waals surface area contributed by atoms with E-state index >= 15 is 0 Å². The molecular weight excluding hydrogens is 312 g/mol. The normalized spacial score (nSPS) is 27.3. The molecule has 1 aliphatic carbocycles. The molecule has 3 rings (SSSR count). The standard InChI is InChI=1S/C18H23ClN2O2/c19-18-10-17(20-11-13-3-6-15(22)7-4-13)14(12-21-18)5-8-16-2-1-9-23-16/h10,12-13,15-16,22H,1-4,6-7,9,11H2,(H,20,21). The molecule has 1 aliphatic heterocycles. The van der Waals surface area contributed by atoms with Crippen molar-refractivity contribution >= 4 is 17.3 Å². The lowest BCUT2D eigenvalue weighted by atomic mass is 9.87. The Kier molecular flexibility index (Phi) is 5.77. The van der Waals surface area contributed by atoms with Crippen molar-refractivity contribution in [3.05, 3.63) is 23.0 Å². The van der Waals surface area contributed by atoms with E-state index in [1.807, 2.05) is 6.07 Å². The summed E-state index contributed by atoms with van der Waals surface area (Å²) in [5.74, 6) is 6.94. The second-order valence-corrected chi connectivity index (χ2v) is 6.77. The minimum atomic E-state index is -0.116. The first-order valence-corrected chi connectivity index (χ1v) is 8.79.